The second-order valence-corrected chi connectivity index (χ2v) is 6.73. The fourth-order valence-electron chi connectivity index (χ4n) is 3.98. The second kappa shape index (κ2) is 5.93. The molecule has 0 spiro atoms. The van der Waals surface area contributed by atoms with Crippen molar-refractivity contribution in [3.05, 3.63) is 41.6 Å². The van der Waals surface area contributed by atoms with Crippen molar-refractivity contribution in [2.45, 2.75) is 44.8 Å². The van der Waals surface area contributed by atoms with E-state index in [1.807, 2.05) is 37.3 Å². The van der Waals surface area contributed by atoms with Crippen molar-refractivity contribution in [2.75, 3.05) is 6.61 Å². The molecule has 2 fully saturated rings. The van der Waals surface area contributed by atoms with E-state index >= 15 is 0 Å². The number of aromatic nitrogens is 1. The van der Waals surface area contributed by atoms with Gasteiger partial charge in [0.1, 0.15) is 0 Å². The molecule has 1 saturated heterocycles. The number of ether oxygens (including phenoxy) is 1. The van der Waals surface area contributed by atoms with Gasteiger partial charge in [0.2, 0.25) is 0 Å². The number of carbonyl (C=O) groups excluding carboxylic acids is 1. The highest BCUT2D eigenvalue weighted by molar-refractivity contribution is 5.98. The molecule has 0 unspecified atom stereocenters. The molecule has 1 aliphatic carbocycles. The first-order valence-electron chi connectivity index (χ1n) is 8.50. The first-order chi connectivity index (χ1) is 11.2. The van der Waals surface area contributed by atoms with Crippen LogP contribution in [-0.4, -0.2) is 29.6 Å². The summed E-state index contributed by atoms with van der Waals surface area (Å²) in [5.41, 5.74) is 2.64. The van der Waals surface area contributed by atoms with Gasteiger partial charge in [-0.1, -0.05) is 6.07 Å². The van der Waals surface area contributed by atoms with Gasteiger partial charge in [-0.15, -0.1) is 0 Å². The van der Waals surface area contributed by atoms with Crippen LogP contribution in [0.3, 0.4) is 0 Å². The maximum atomic E-state index is 12.6. The number of fused-ring (bicyclic) bond motifs is 2. The number of nitrogens with zero attached hydrogens (tertiary/aromatic N) is 1. The SMILES string of the molecule is Cc1ccc2cc(C(=O)N[C@@H]3CCC[C@@H]4OCC[C@H]43)ccc2n1. The summed E-state index contributed by atoms with van der Waals surface area (Å²) in [4.78, 5) is 17.1. The average Bonchev–Trinajstić information content (AvgIpc) is 3.04. The van der Waals surface area contributed by atoms with Gasteiger partial charge >= 0.3 is 0 Å². The smallest absolute Gasteiger partial charge is 0.251 e. The van der Waals surface area contributed by atoms with Crippen LogP contribution in [0, 0.1) is 12.8 Å². The lowest BCUT2D eigenvalue weighted by molar-refractivity contribution is 0.0510. The molecule has 23 heavy (non-hydrogen) atoms. The predicted octanol–water partition coefficient (Wildman–Crippen LogP) is 3.23. The second-order valence-electron chi connectivity index (χ2n) is 6.73. The standard InChI is InChI=1S/C19H22N2O2/c1-12-5-6-13-11-14(7-8-16(13)20-12)19(22)21-17-3-2-4-18-15(17)9-10-23-18/h5-8,11,15,17-18H,2-4,9-10H2,1H3,(H,21,22)/t15-,17+,18-/m0/s1. The zero-order chi connectivity index (χ0) is 15.8. The van der Waals surface area contributed by atoms with E-state index in [4.69, 9.17) is 4.74 Å². The van der Waals surface area contributed by atoms with Gasteiger partial charge in [0.05, 0.1) is 11.6 Å². The highest BCUT2D eigenvalue weighted by Gasteiger charge is 2.38. The first kappa shape index (κ1) is 14.6. The van der Waals surface area contributed by atoms with Crippen LogP contribution in [0.5, 0.6) is 0 Å². The molecule has 2 heterocycles. The molecule has 4 nitrogen and oxygen atoms in total. The molecule has 1 amide bonds. The molecular formula is C19H22N2O2. The van der Waals surface area contributed by atoms with Crippen LogP contribution in [0.25, 0.3) is 10.9 Å². The van der Waals surface area contributed by atoms with Crippen molar-refractivity contribution in [3.8, 4) is 0 Å². The van der Waals surface area contributed by atoms with Gasteiger partial charge in [-0.3, -0.25) is 9.78 Å². The van der Waals surface area contributed by atoms with Crippen molar-refractivity contribution < 1.29 is 9.53 Å². The van der Waals surface area contributed by atoms with Crippen molar-refractivity contribution in [3.63, 3.8) is 0 Å². The molecule has 1 aliphatic heterocycles. The predicted molar refractivity (Wildman–Crippen MR) is 89.4 cm³/mol. The minimum atomic E-state index is 0.0185. The van der Waals surface area contributed by atoms with Crippen LogP contribution in [0.15, 0.2) is 30.3 Å². The maximum Gasteiger partial charge on any atom is 0.251 e. The van der Waals surface area contributed by atoms with Crippen molar-refractivity contribution in [1.82, 2.24) is 10.3 Å². The molecule has 4 heteroatoms. The summed E-state index contributed by atoms with van der Waals surface area (Å²) in [6.07, 6.45) is 4.74. The number of carbonyl (C=O) groups is 1. The van der Waals surface area contributed by atoms with Crippen molar-refractivity contribution in [2.24, 2.45) is 5.92 Å². The Morgan fingerprint density at radius 3 is 3.04 bits per heavy atom. The van der Waals surface area contributed by atoms with Gasteiger partial charge < -0.3 is 10.1 Å². The molecule has 1 aromatic heterocycles. The average molecular weight is 310 g/mol. The molecule has 2 aromatic rings. The summed E-state index contributed by atoms with van der Waals surface area (Å²) in [5, 5.41) is 4.25. The summed E-state index contributed by atoms with van der Waals surface area (Å²) in [7, 11) is 0. The summed E-state index contributed by atoms with van der Waals surface area (Å²) in [6.45, 7) is 2.81. The maximum absolute atomic E-state index is 12.6. The third-order valence-electron chi connectivity index (χ3n) is 5.19. The van der Waals surface area contributed by atoms with E-state index in [0.29, 0.717) is 17.6 Å². The molecule has 2 aliphatic rings. The van der Waals surface area contributed by atoms with E-state index in [9.17, 15) is 4.79 Å². The van der Waals surface area contributed by atoms with Crippen molar-refractivity contribution in [1.29, 1.82) is 0 Å². The van der Waals surface area contributed by atoms with Gasteiger partial charge in [-0.25, -0.2) is 0 Å². The minimum absolute atomic E-state index is 0.0185. The molecular weight excluding hydrogens is 288 g/mol. The molecule has 3 atom stereocenters. The Morgan fingerprint density at radius 2 is 2.13 bits per heavy atom. The number of rotatable bonds is 2. The van der Waals surface area contributed by atoms with Crippen LogP contribution in [0.4, 0.5) is 0 Å². The minimum Gasteiger partial charge on any atom is -0.378 e. The van der Waals surface area contributed by atoms with Crippen LogP contribution in [-0.2, 0) is 4.74 Å². The third-order valence-corrected chi connectivity index (χ3v) is 5.19. The molecule has 4 rings (SSSR count). The number of aryl methyl sites for hydroxylation is 1. The normalized spacial score (nSPS) is 26.9. The van der Waals surface area contributed by atoms with Crippen LogP contribution >= 0.6 is 0 Å². The Labute approximate surface area is 136 Å². The lowest BCUT2D eigenvalue weighted by Crippen LogP contribution is -2.45. The lowest BCUT2D eigenvalue weighted by atomic mass is 9.81. The van der Waals surface area contributed by atoms with E-state index in [1.54, 1.807) is 0 Å². The Hall–Kier alpha value is -1.94. The summed E-state index contributed by atoms with van der Waals surface area (Å²) >= 11 is 0. The first-order valence-corrected chi connectivity index (χ1v) is 8.50. The van der Waals surface area contributed by atoms with E-state index in [1.165, 1.54) is 0 Å². The number of hydrogen-bond donors (Lipinski definition) is 1. The van der Waals surface area contributed by atoms with E-state index in [-0.39, 0.29) is 11.9 Å². The molecule has 1 saturated carbocycles. The highest BCUT2D eigenvalue weighted by atomic mass is 16.5. The topological polar surface area (TPSA) is 51.2 Å². The summed E-state index contributed by atoms with van der Waals surface area (Å²) in [5.74, 6) is 0.502. The number of pyridine rings is 1. The zero-order valence-corrected chi connectivity index (χ0v) is 13.4. The van der Waals surface area contributed by atoms with E-state index in [2.05, 4.69) is 10.3 Å². The Kier molecular flexibility index (Phi) is 3.77. The number of amides is 1. The van der Waals surface area contributed by atoms with E-state index in [0.717, 1.165) is 48.9 Å². The Bertz CT molecular complexity index is 743. The van der Waals surface area contributed by atoms with Gasteiger partial charge in [0.15, 0.2) is 0 Å². The number of nitrogens with one attached hydrogen (secondary N) is 1. The largest absolute Gasteiger partial charge is 0.378 e. The zero-order valence-electron chi connectivity index (χ0n) is 13.4. The Morgan fingerprint density at radius 1 is 1.22 bits per heavy atom. The Balaban J connectivity index is 1.53. The summed E-state index contributed by atoms with van der Waals surface area (Å²) < 4.78 is 5.78. The molecule has 1 N–H and O–H groups in total. The van der Waals surface area contributed by atoms with Crippen LogP contribution in [0.2, 0.25) is 0 Å². The fraction of sp³-hybridized carbons (Fsp3) is 0.474. The van der Waals surface area contributed by atoms with Crippen LogP contribution in [0.1, 0.15) is 41.7 Å². The number of hydrogen-bond acceptors (Lipinski definition) is 3. The van der Waals surface area contributed by atoms with Gasteiger partial charge in [-0.2, -0.15) is 0 Å². The number of benzene rings is 1. The molecule has 0 bridgehead atoms. The summed E-state index contributed by atoms with van der Waals surface area (Å²) in [6, 6.07) is 9.98. The third kappa shape index (κ3) is 2.83. The highest BCUT2D eigenvalue weighted by Crippen LogP contribution is 2.34. The van der Waals surface area contributed by atoms with Gasteiger partial charge in [0.25, 0.3) is 5.91 Å². The lowest BCUT2D eigenvalue weighted by Gasteiger charge is -2.33. The van der Waals surface area contributed by atoms with Gasteiger partial charge in [-0.05, 0) is 56.9 Å². The van der Waals surface area contributed by atoms with Crippen LogP contribution < -0.4 is 5.32 Å². The quantitative estimate of drug-likeness (QED) is 0.926. The fourth-order valence-corrected chi connectivity index (χ4v) is 3.98. The van der Waals surface area contributed by atoms with E-state index < -0.39 is 0 Å². The monoisotopic (exact) mass is 310 g/mol. The molecule has 120 valence electrons. The van der Waals surface area contributed by atoms with Crippen molar-refractivity contribution >= 4 is 16.8 Å². The molecule has 0 radical (unpaired) electrons. The van der Waals surface area contributed by atoms with Gasteiger partial charge in [0, 0.05) is 35.2 Å². The molecule has 1 aromatic carbocycles.